The van der Waals surface area contributed by atoms with Crippen LogP contribution in [0.15, 0.2) is 78.2 Å². The summed E-state index contributed by atoms with van der Waals surface area (Å²) < 4.78 is 12.1. The molecule has 0 bridgehead atoms. The van der Waals surface area contributed by atoms with Gasteiger partial charge in [0.05, 0.1) is 29.6 Å². The van der Waals surface area contributed by atoms with Gasteiger partial charge in [-0.25, -0.2) is 0 Å². The molecule has 13 heteroatoms. The lowest BCUT2D eigenvalue weighted by molar-refractivity contribution is 0.416. The lowest BCUT2D eigenvalue weighted by Gasteiger charge is -2.16. The quantitative estimate of drug-likeness (QED) is 0.0398. The van der Waals surface area contributed by atoms with Crippen LogP contribution in [0.3, 0.4) is 0 Å². The summed E-state index contributed by atoms with van der Waals surface area (Å²) >= 11 is 5.57. The van der Waals surface area contributed by atoms with Crippen molar-refractivity contribution in [3.05, 3.63) is 106 Å². The highest BCUT2D eigenvalue weighted by Crippen LogP contribution is 2.40. The second-order valence-electron chi connectivity index (χ2n) is 15.4. The average molecular weight is 836 g/mol. The summed E-state index contributed by atoms with van der Waals surface area (Å²) in [4.78, 5) is 0. The number of hydrogen-bond acceptors (Lipinski definition) is 9. The molecule has 7 rings (SSSR count). The van der Waals surface area contributed by atoms with Gasteiger partial charge < -0.3 is 40.1 Å². The third-order valence-corrected chi connectivity index (χ3v) is 10.3. The molecule has 0 amide bonds. The number of methoxy groups -OCH3 is 1. The number of phenols is 4. The van der Waals surface area contributed by atoms with Crippen molar-refractivity contribution in [1.82, 2.24) is 23.9 Å². The first kappa shape index (κ1) is 46.5. The van der Waals surface area contributed by atoms with E-state index in [0.717, 1.165) is 33.5 Å². The molecule has 0 saturated carbocycles. The molecule has 0 saturated heterocycles. The topological polar surface area (TPSA) is 172 Å². The Kier molecular flexibility index (Phi) is 15.6. The zero-order valence-corrected chi connectivity index (χ0v) is 37.7. The van der Waals surface area contributed by atoms with E-state index in [1.165, 1.54) is 40.6 Å². The number of fused-ring (bicyclic) bond motifs is 2. The van der Waals surface area contributed by atoms with Gasteiger partial charge in [0, 0.05) is 59.5 Å². The van der Waals surface area contributed by atoms with Gasteiger partial charge in [-0.2, -0.15) is 10.2 Å². The second kappa shape index (κ2) is 20.2. The van der Waals surface area contributed by atoms with Crippen molar-refractivity contribution in [3.8, 4) is 45.8 Å². The molecule has 0 spiro atoms. The fourth-order valence-corrected chi connectivity index (χ4v) is 7.16. The molecule has 0 aliphatic rings. The SMILES string of the molecule is CCC.CCc1cc(/C(C)=N/N)c(O)cc1O.COc1ccc(-n2c(-c3cc(C(C)C)c(O)cc3O)n[nH]c2=S)c2ccn(C(C)C)c12.Cc1ccc2c(c1)c(C)cn2C. The average Bonchev–Trinajstić information content (AvgIpc) is 3.90. The molecule has 0 aliphatic carbocycles. The number of aromatic hydroxyl groups is 4. The van der Waals surface area contributed by atoms with Crippen LogP contribution in [0.2, 0.25) is 0 Å². The van der Waals surface area contributed by atoms with Gasteiger partial charge in [-0.05, 0) is 118 Å². The van der Waals surface area contributed by atoms with Gasteiger partial charge in [-0.15, -0.1) is 0 Å². The minimum Gasteiger partial charge on any atom is -0.508 e. The summed E-state index contributed by atoms with van der Waals surface area (Å²) in [5, 5.41) is 52.9. The Labute approximate surface area is 358 Å². The number of aromatic nitrogens is 5. The molecule has 60 heavy (non-hydrogen) atoms. The van der Waals surface area contributed by atoms with E-state index in [4.69, 9.17) is 22.8 Å². The van der Waals surface area contributed by atoms with Crippen LogP contribution in [0, 0.1) is 18.6 Å². The first-order chi connectivity index (χ1) is 28.4. The van der Waals surface area contributed by atoms with Crippen molar-refractivity contribution in [2.45, 2.75) is 94.0 Å². The number of phenolic OH excluding ortho intramolecular Hbond substituents is 4. The van der Waals surface area contributed by atoms with Gasteiger partial charge in [0.2, 0.25) is 0 Å². The summed E-state index contributed by atoms with van der Waals surface area (Å²) in [5.74, 6) is 6.50. The fourth-order valence-electron chi connectivity index (χ4n) is 6.93. The second-order valence-corrected chi connectivity index (χ2v) is 15.7. The van der Waals surface area contributed by atoms with Crippen LogP contribution in [-0.2, 0) is 13.5 Å². The van der Waals surface area contributed by atoms with Crippen molar-refractivity contribution in [3.63, 3.8) is 0 Å². The van der Waals surface area contributed by atoms with E-state index < -0.39 is 0 Å². The number of hydrogen-bond donors (Lipinski definition) is 6. The number of hydrazone groups is 1. The smallest absolute Gasteiger partial charge is 0.200 e. The van der Waals surface area contributed by atoms with E-state index in [2.05, 4.69) is 97.4 Å². The lowest BCUT2D eigenvalue weighted by Crippen LogP contribution is -2.03. The summed E-state index contributed by atoms with van der Waals surface area (Å²) in [6.07, 6.45) is 6.14. The normalized spacial score (nSPS) is 11.3. The Morgan fingerprint density at radius 3 is 2.15 bits per heavy atom. The van der Waals surface area contributed by atoms with Gasteiger partial charge >= 0.3 is 0 Å². The minimum atomic E-state index is -0.0679. The molecule has 0 aliphatic heterocycles. The number of nitrogens with two attached hydrogens (primary N) is 1. The number of rotatable bonds is 7. The maximum absolute atomic E-state index is 10.6. The Bertz CT molecular complexity index is 2660. The lowest BCUT2D eigenvalue weighted by atomic mass is 9.98. The van der Waals surface area contributed by atoms with Crippen LogP contribution in [0.4, 0.5) is 0 Å². The number of ether oxygens (including phenoxy) is 1. The number of nitrogens with zero attached hydrogens (tertiary/aromatic N) is 5. The molecule has 4 aromatic carbocycles. The fraction of sp³-hybridized carbons (Fsp3) is 0.340. The highest BCUT2D eigenvalue weighted by atomic mass is 32.1. The molecule has 7 aromatic rings. The van der Waals surface area contributed by atoms with Gasteiger partial charge in [0.1, 0.15) is 28.7 Å². The van der Waals surface area contributed by atoms with Crippen LogP contribution in [0.5, 0.6) is 28.7 Å². The van der Waals surface area contributed by atoms with E-state index >= 15 is 0 Å². The highest BCUT2D eigenvalue weighted by molar-refractivity contribution is 7.71. The predicted molar refractivity (Wildman–Crippen MR) is 248 cm³/mol. The maximum atomic E-state index is 10.6. The first-order valence-electron chi connectivity index (χ1n) is 20.2. The Morgan fingerprint density at radius 2 is 1.55 bits per heavy atom. The van der Waals surface area contributed by atoms with Gasteiger partial charge in [-0.3, -0.25) is 9.67 Å². The van der Waals surface area contributed by atoms with E-state index in [1.807, 2.05) is 45.2 Å². The van der Waals surface area contributed by atoms with Crippen molar-refractivity contribution in [2.75, 3.05) is 7.11 Å². The van der Waals surface area contributed by atoms with E-state index in [0.29, 0.717) is 33.9 Å². The summed E-state index contributed by atoms with van der Waals surface area (Å²) in [6.45, 7) is 20.3. The largest absolute Gasteiger partial charge is 0.508 e. The third kappa shape index (κ3) is 9.96. The molecule has 7 N–H and O–H groups in total. The number of nitrogens with one attached hydrogen (secondary N) is 1. The zero-order valence-electron chi connectivity index (χ0n) is 36.9. The zero-order chi connectivity index (χ0) is 44.6. The molecule has 320 valence electrons. The van der Waals surface area contributed by atoms with E-state index in [1.54, 1.807) is 30.7 Å². The Hall–Kier alpha value is -6.21. The first-order valence-corrected chi connectivity index (χ1v) is 20.6. The van der Waals surface area contributed by atoms with Crippen LogP contribution >= 0.6 is 12.2 Å². The molecular formula is C47H61N7O5S. The molecule has 3 heterocycles. The Morgan fingerprint density at radius 1 is 0.883 bits per heavy atom. The molecule has 12 nitrogen and oxygen atoms in total. The van der Waals surface area contributed by atoms with Gasteiger partial charge in [-0.1, -0.05) is 52.7 Å². The van der Waals surface area contributed by atoms with Crippen LogP contribution in [0.1, 0.15) is 102 Å². The standard InChI is InChI=1S/C23H26N4O3S.C11H13N.C10H14N2O2.C3H8/c1-12(2)15-10-16(19(29)11-18(15)28)22-24-25-23(31)27(22)17-6-7-20(30-5)21-14(17)8-9-26(21)13(3)4;1-8-4-5-11-10(6-8)9(2)7-12(11)3;1-3-7-4-8(6(2)12-11)10(14)5-9(7)13;1-3-2/h6-13,28-29H,1-5H3,(H,25,31);4-7H,1-3H3;4-5,13-14H,3,11H2,1-2H3;3H2,1-2H3/b;;12-6+;. The van der Waals surface area contributed by atoms with Crippen molar-refractivity contribution < 1.29 is 25.2 Å². The van der Waals surface area contributed by atoms with Crippen molar-refractivity contribution in [1.29, 1.82) is 0 Å². The van der Waals surface area contributed by atoms with Crippen molar-refractivity contribution in [2.24, 2.45) is 18.0 Å². The van der Waals surface area contributed by atoms with Crippen LogP contribution < -0.4 is 10.6 Å². The van der Waals surface area contributed by atoms with Crippen LogP contribution in [0.25, 0.3) is 38.9 Å². The van der Waals surface area contributed by atoms with E-state index in [-0.39, 0.29) is 35.0 Å². The monoisotopic (exact) mass is 835 g/mol. The summed E-state index contributed by atoms with van der Waals surface area (Å²) in [7, 11) is 3.74. The van der Waals surface area contributed by atoms with Gasteiger partial charge in [0.25, 0.3) is 0 Å². The molecule has 0 fully saturated rings. The molecule has 0 unspecified atom stereocenters. The molecule has 0 atom stereocenters. The number of aryl methyl sites for hydroxylation is 4. The molecule has 3 aromatic heterocycles. The van der Waals surface area contributed by atoms with Gasteiger partial charge in [0.15, 0.2) is 10.6 Å². The van der Waals surface area contributed by atoms with Crippen LogP contribution in [-0.4, -0.2) is 57.1 Å². The molecular weight excluding hydrogens is 775 g/mol. The summed E-state index contributed by atoms with van der Waals surface area (Å²) in [6, 6.07) is 18.8. The number of H-pyrrole nitrogens is 1. The molecule has 0 radical (unpaired) electrons. The highest BCUT2D eigenvalue weighted by Gasteiger charge is 2.22. The predicted octanol–water partition coefficient (Wildman–Crippen LogP) is 11.2. The number of aromatic amines is 1. The third-order valence-electron chi connectivity index (χ3n) is 10.0. The summed E-state index contributed by atoms with van der Waals surface area (Å²) in [5.41, 5.74) is 8.86. The Balaban J connectivity index is 0.000000225. The van der Waals surface area contributed by atoms with Crippen molar-refractivity contribution >= 4 is 39.7 Å². The number of benzene rings is 4. The van der Waals surface area contributed by atoms with E-state index in [9.17, 15) is 20.4 Å². The minimum absolute atomic E-state index is 0.00796. The maximum Gasteiger partial charge on any atom is 0.200 e.